The molecule has 0 amide bonds. The average molecular weight is 322 g/mol. The van der Waals surface area contributed by atoms with Crippen molar-refractivity contribution in [1.82, 2.24) is 0 Å². The van der Waals surface area contributed by atoms with Gasteiger partial charge in [-0.25, -0.2) is 0 Å². The zero-order chi connectivity index (χ0) is 13.4. The van der Waals surface area contributed by atoms with Crippen LogP contribution >= 0.6 is 0 Å². The van der Waals surface area contributed by atoms with E-state index in [0.717, 1.165) is 36.2 Å². The molecule has 0 atom stereocenters. The standard InChI is InChI=1S/C17H24N.BrH/c1-5-14-18(6-2,7-3)15-8-9-17-12-10-16(4)11-13-17;/h5,10-13H,1,6-7,14-15H2,2-4H3;1H/q+1;/p-1. The maximum atomic E-state index is 3.85. The lowest BCUT2D eigenvalue weighted by Crippen LogP contribution is -3.00. The molecule has 0 spiro atoms. The molecule has 0 saturated carbocycles. The van der Waals surface area contributed by atoms with E-state index in [-0.39, 0.29) is 17.0 Å². The Kier molecular flexibility index (Phi) is 8.47. The summed E-state index contributed by atoms with van der Waals surface area (Å²) in [6.07, 6.45) is 2.00. The van der Waals surface area contributed by atoms with Gasteiger partial charge in [0.1, 0.15) is 6.54 Å². The van der Waals surface area contributed by atoms with Crippen molar-refractivity contribution in [2.24, 2.45) is 0 Å². The SMILES string of the molecule is C=CC[N+](CC)(CC)CC#Cc1ccc(C)cc1.[Br-]. The van der Waals surface area contributed by atoms with E-state index in [9.17, 15) is 0 Å². The highest BCUT2D eigenvalue weighted by Crippen LogP contribution is 2.06. The molecule has 1 rings (SSSR count). The van der Waals surface area contributed by atoms with Gasteiger partial charge in [-0.05, 0) is 44.9 Å². The van der Waals surface area contributed by atoms with Gasteiger partial charge in [0, 0.05) is 5.56 Å². The predicted octanol–water partition coefficient (Wildman–Crippen LogP) is 0.393. The third-order valence-electron chi connectivity index (χ3n) is 3.56. The maximum absolute atomic E-state index is 3.85. The molecule has 2 heteroatoms. The van der Waals surface area contributed by atoms with Crippen molar-refractivity contribution in [3.05, 3.63) is 48.0 Å². The van der Waals surface area contributed by atoms with Crippen LogP contribution < -0.4 is 17.0 Å². The van der Waals surface area contributed by atoms with E-state index < -0.39 is 0 Å². The fourth-order valence-electron chi connectivity index (χ4n) is 1.99. The number of hydrogen-bond donors (Lipinski definition) is 0. The van der Waals surface area contributed by atoms with Crippen LogP contribution in [0, 0.1) is 18.8 Å². The van der Waals surface area contributed by atoms with Crippen molar-refractivity contribution >= 4 is 0 Å². The van der Waals surface area contributed by atoms with Crippen LogP contribution in [0.15, 0.2) is 36.9 Å². The molecular weight excluding hydrogens is 298 g/mol. The highest BCUT2D eigenvalue weighted by molar-refractivity contribution is 5.35. The molecule has 1 nitrogen and oxygen atoms in total. The summed E-state index contributed by atoms with van der Waals surface area (Å²) in [6.45, 7) is 14.5. The zero-order valence-corrected chi connectivity index (χ0v) is 13.8. The largest absolute Gasteiger partial charge is 1.00 e. The second-order valence-corrected chi connectivity index (χ2v) is 4.77. The first-order chi connectivity index (χ1) is 8.65. The van der Waals surface area contributed by atoms with Crippen molar-refractivity contribution in [3.8, 4) is 11.8 Å². The van der Waals surface area contributed by atoms with Crippen LogP contribution in [0.4, 0.5) is 0 Å². The van der Waals surface area contributed by atoms with Gasteiger partial charge in [-0.3, -0.25) is 0 Å². The Balaban J connectivity index is 0.00000324. The molecule has 104 valence electrons. The quantitative estimate of drug-likeness (QED) is 0.418. The Hall–Kier alpha value is -1.04. The number of halogens is 1. The molecule has 0 aromatic heterocycles. The first kappa shape index (κ1) is 18.0. The molecule has 0 aliphatic rings. The third-order valence-corrected chi connectivity index (χ3v) is 3.56. The predicted molar refractivity (Wildman–Crippen MR) is 79.3 cm³/mol. The molecule has 0 unspecified atom stereocenters. The van der Waals surface area contributed by atoms with Gasteiger partial charge < -0.3 is 21.5 Å². The molecule has 0 saturated heterocycles. The van der Waals surface area contributed by atoms with Crippen LogP contribution in [-0.4, -0.2) is 30.7 Å². The minimum Gasteiger partial charge on any atom is -1.00 e. The molecule has 19 heavy (non-hydrogen) atoms. The zero-order valence-electron chi connectivity index (χ0n) is 12.2. The molecule has 0 radical (unpaired) electrons. The van der Waals surface area contributed by atoms with Gasteiger partial charge >= 0.3 is 0 Å². The van der Waals surface area contributed by atoms with E-state index in [1.165, 1.54) is 5.56 Å². The van der Waals surface area contributed by atoms with E-state index in [4.69, 9.17) is 0 Å². The number of aryl methyl sites for hydroxylation is 1. The lowest BCUT2D eigenvalue weighted by atomic mass is 10.1. The van der Waals surface area contributed by atoms with Crippen molar-refractivity contribution in [2.45, 2.75) is 20.8 Å². The first-order valence-electron chi connectivity index (χ1n) is 6.67. The van der Waals surface area contributed by atoms with Crippen molar-refractivity contribution < 1.29 is 21.5 Å². The number of quaternary nitrogens is 1. The molecule has 0 N–H and O–H groups in total. The molecule has 0 aliphatic carbocycles. The summed E-state index contributed by atoms with van der Waals surface area (Å²) in [4.78, 5) is 0. The van der Waals surface area contributed by atoms with E-state index >= 15 is 0 Å². The van der Waals surface area contributed by atoms with Crippen LogP contribution in [-0.2, 0) is 0 Å². The molecule has 0 bridgehead atoms. The van der Waals surface area contributed by atoms with Crippen molar-refractivity contribution in [3.63, 3.8) is 0 Å². The van der Waals surface area contributed by atoms with Gasteiger partial charge in [0.15, 0.2) is 0 Å². The lowest BCUT2D eigenvalue weighted by molar-refractivity contribution is -0.912. The molecule has 1 aromatic rings. The summed E-state index contributed by atoms with van der Waals surface area (Å²) in [6, 6.07) is 8.38. The molecule has 0 aliphatic heterocycles. The summed E-state index contributed by atoms with van der Waals surface area (Å²) in [5, 5.41) is 0. The van der Waals surface area contributed by atoms with Crippen molar-refractivity contribution in [2.75, 3.05) is 26.2 Å². The monoisotopic (exact) mass is 321 g/mol. The summed E-state index contributed by atoms with van der Waals surface area (Å²) in [5.74, 6) is 6.58. The van der Waals surface area contributed by atoms with E-state index in [0.29, 0.717) is 0 Å². The number of nitrogens with zero attached hydrogens (tertiary/aromatic N) is 1. The van der Waals surface area contributed by atoms with E-state index in [1.807, 2.05) is 6.08 Å². The summed E-state index contributed by atoms with van der Waals surface area (Å²) < 4.78 is 1.00. The Morgan fingerprint density at radius 2 is 1.74 bits per heavy atom. The Morgan fingerprint density at radius 1 is 1.16 bits per heavy atom. The Labute approximate surface area is 128 Å². The van der Waals surface area contributed by atoms with Crippen LogP contribution in [0.5, 0.6) is 0 Å². The Bertz CT molecular complexity index is 433. The highest BCUT2D eigenvalue weighted by Gasteiger charge is 2.19. The van der Waals surface area contributed by atoms with Gasteiger partial charge in [-0.2, -0.15) is 0 Å². The average Bonchev–Trinajstić information content (AvgIpc) is 2.40. The number of likely N-dealkylation sites (N-methyl/N-ethyl adjacent to an activating group) is 1. The van der Waals surface area contributed by atoms with Gasteiger partial charge in [-0.1, -0.05) is 30.2 Å². The maximum Gasteiger partial charge on any atom is 0.141 e. The van der Waals surface area contributed by atoms with Crippen LogP contribution in [0.1, 0.15) is 25.0 Å². The smallest absolute Gasteiger partial charge is 0.141 e. The van der Waals surface area contributed by atoms with E-state index in [2.05, 4.69) is 63.5 Å². The normalized spacial score (nSPS) is 10.1. The minimum atomic E-state index is 0. The second kappa shape index (κ2) is 8.96. The fraction of sp³-hybridized carbons (Fsp3) is 0.412. The summed E-state index contributed by atoms with van der Waals surface area (Å²) in [7, 11) is 0. The lowest BCUT2D eigenvalue weighted by Gasteiger charge is -2.33. The molecule has 0 heterocycles. The van der Waals surface area contributed by atoms with Gasteiger partial charge in [0.05, 0.1) is 19.6 Å². The van der Waals surface area contributed by atoms with Crippen LogP contribution in [0.25, 0.3) is 0 Å². The van der Waals surface area contributed by atoms with Crippen LogP contribution in [0.2, 0.25) is 0 Å². The summed E-state index contributed by atoms with van der Waals surface area (Å²) in [5.41, 5.74) is 2.38. The van der Waals surface area contributed by atoms with Crippen LogP contribution in [0.3, 0.4) is 0 Å². The third kappa shape index (κ3) is 5.63. The Morgan fingerprint density at radius 3 is 2.21 bits per heavy atom. The topological polar surface area (TPSA) is 0 Å². The van der Waals surface area contributed by atoms with Gasteiger partial charge in [0.2, 0.25) is 0 Å². The highest BCUT2D eigenvalue weighted by atomic mass is 79.9. The van der Waals surface area contributed by atoms with E-state index in [1.54, 1.807) is 0 Å². The number of hydrogen-bond acceptors (Lipinski definition) is 0. The minimum absolute atomic E-state index is 0. The van der Waals surface area contributed by atoms with Crippen molar-refractivity contribution in [1.29, 1.82) is 0 Å². The fourth-order valence-corrected chi connectivity index (χ4v) is 1.99. The molecule has 1 aromatic carbocycles. The molecular formula is C17H24BrN. The second-order valence-electron chi connectivity index (χ2n) is 4.77. The number of benzene rings is 1. The van der Waals surface area contributed by atoms with Gasteiger partial charge in [0.25, 0.3) is 0 Å². The first-order valence-corrected chi connectivity index (χ1v) is 6.67. The van der Waals surface area contributed by atoms with Gasteiger partial charge in [-0.15, -0.1) is 0 Å². The summed E-state index contributed by atoms with van der Waals surface area (Å²) >= 11 is 0. The molecule has 0 fully saturated rings. The number of rotatable bonds is 5.